The molecule has 0 aliphatic rings. The minimum atomic E-state index is -2.95. The van der Waals surface area contributed by atoms with Crippen LogP contribution < -0.4 is 15.4 Å². The van der Waals surface area contributed by atoms with Crippen LogP contribution in [-0.2, 0) is 16.4 Å². The highest BCUT2D eigenvalue weighted by Crippen LogP contribution is 2.21. The lowest BCUT2D eigenvalue weighted by molar-refractivity contribution is 0.313. The molecule has 0 saturated heterocycles. The van der Waals surface area contributed by atoms with Crippen LogP contribution >= 0.6 is 0 Å². The van der Waals surface area contributed by atoms with Crippen molar-refractivity contribution in [1.29, 1.82) is 0 Å². The number of ether oxygens (including phenoxy) is 1. The van der Waals surface area contributed by atoms with Gasteiger partial charge in [0, 0.05) is 32.0 Å². The Morgan fingerprint density at radius 1 is 1.26 bits per heavy atom. The van der Waals surface area contributed by atoms with Crippen LogP contribution in [-0.4, -0.2) is 46.6 Å². The van der Waals surface area contributed by atoms with Gasteiger partial charge in [-0.2, -0.15) is 0 Å². The highest BCUT2D eigenvalue weighted by atomic mass is 32.2. The van der Waals surface area contributed by atoms with E-state index >= 15 is 0 Å². The SMILES string of the molecule is CCCOc1cc(C)ccc1CNC(=NC)NCC(C)(C)CCS(C)(=O)=O. The molecule has 0 saturated carbocycles. The lowest BCUT2D eigenvalue weighted by atomic mass is 9.90. The molecule has 0 aliphatic heterocycles. The molecule has 1 rings (SSSR count). The first-order valence-corrected chi connectivity index (χ1v) is 11.5. The van der Waals surface area contributed by atoms with Gasteiger partial charge >= 0.3 is 0 Å². The van der Waals surface area contributed by atoms with E-state index < -0.39 is 9.84 Å². The maximum Gasteiger partial charge on any atom is 0.191 e. The smallest absolute Gasteiger partial charge is 0.191 e. The van der Waals surface area contributed by atoms with E-state index in [2.05, 4.69) is 61.5 Å². The largest absolute Gasteiger partial charge is 0.493 e. The number of rotatable bonds is 10. The first-order valence-electron chi connectivity index (χ1n) is 9.41. The summed E-state index contributed by atoms with van der Waals surface area (Å²) in [4.78, 5) is 4.26. The van der Waals surface area contributed by atoms with E-state index in [-0.39, 0.29) is 11.2 Å². The van der Waals surface area contributed by atoms with E-state index in [0.29, 0.717) is 32.1 Å². The van der Waals surface area contributed by atoms with Crippen LogP contribution in [0.3, 0.4) is 0 Å². The van der Waals surface area contributed by atoms with Crippen LogP contribution in [0, 0.1) is 12.3 Å². The first-order chi connectivity index (χ1) is 12.6. The number of aliphatic imine (C=N–C) groups is 1. The fourth-order valence-corrected chi connectivity index (χ4v) is 3.35. The topological polar surface area (TPSA) is 79.8 Å². The summed E-state index contributed by atoms with van der Waals surface area (Å²) < 4.78 is 28.6. The van der Waals surface area contributed by atoms with Crippen molar-refractivity contribution in [3.05, 3.63) is 29.3 Å². The van der Waals surface area contributed by atoms with Gasteiger partial charge in [0.05, 0.1) is 12.4 Å². The Kier molecular flexibility index (Phi) is 9.09. The lowest BCUT2D eigenvalue weighted by Crippen LogP contribution is -2.42. The lowest BCUT2D eigenvalue weighted by Gasteiger charge is -2.26. The quantitative estimate of drug-likeness (QED) is 0.469. The zero-order chi connectivity index (χ0) is 20.5. The fourth-order valence-electron chi connectivity index (χ4n) is 2.43. The number of hydrogen-bond donors (Lipinski definition) is 2. The van der Waals surface area contributed by atoms with Crippen molar-refractivity contribution in [2.45, 2.75) is 47.1 Å². The number of hydrogen-bond acceptors (Lipinski definition) is 4. The van der Waals surface area contributed by atoms with Crippen molar-refractivity contribution < 1.29 is 13.2 Å². The monoisotopic (exact) mass is 397 g/mol. The van der Waals surface area contributed by atoms with Crippen LogP contribution in [0.4, 0.5) is 0 Å². The molecule has 7 heteroatoms. The molecule has 0 heterocycles. The zero-order valence-corrected chi connectivity index (χ0v) is 18.4. The van der Waals surface area contributed by atoms with Gasteiger partial charge in [-0.05, 0) is 36.8 Å². The van der Waals surface area contributed by atoms with Gasteiger partial charge in [0.1, 0.15) is 15.6 Å². The summed E-state index contributed by atoms with van der Waals surface area (Å²) in [5.41, 5.74) is 2.09. The Morgan fingerprint density at radius 3 is 2.56 bits per heavy atom. The molecular weight excluding hydrogens is 362 g/mol. The number of nitrogens with one attached hydrogen (secondary N) is 2. The Bertz CT molecular complexity index is 728. The first kappa shape index (κ1) is 23.3. The van der Waals surface area contributed by atoms with Gasteiger partial charge in [0.25, 0.3) is 0 Å². The third-order valence-corrected chi connectivity index (χ3v) is 5.18. The average Bonchev–Trinajstić information content (AvgIpc) is 2.59. The highest BCUT2D eigenvalue weighted by Gasteiger charge is 2.20. The van der Waals surface area contributed by atoms with Crippen LogP contribution in [0.2, 0.25) is 0 Å². The Labute approximate surface area is 164 Å². The molecule has 1 aromatic carbocycles. The molecule has 6 nitrogen and oxygen atoms in total. The number of benzene rings is 1. The maximum absolute atomic E-state index is 11.4. The van der Waals surface area contributed by atoms with Crippen LogP contribution in [0.15, 0.2) is 23.2 Å². The molecule has 0 atom stereocenters. The highest BCUT2D eigenvalue weighted by molar-refractivity contribution is 7.90. The maximum atomic E-state index is 11.4. The summed E-state index contributed by atoms with van der Waals surface area (Å²) in [5.74, 6) is 1.77. The standard InChI is InChI=1S/C20H35N3O3S/c1-7-11-26-18-13-16(2)8-9-17(18)14-22-19(21-5)23-15-20(3,4)10-12-27(6,24)25/h8-9,13H,7,10-12,14-15H2,1-6H3,(H2,21,22,23). The molecule has 0 spiro atoms. The molecule has 0 amide bonds. The second-order valence-electron chi connectivity index (χ2n) is 7.78. The van der Waals surface area contributed by atoms with Gasteiger partial charge in [-0.15, -0.1) is 0 Å². The van der Waals surface area contributed by atoms with Gasteiger partial charge in [0.2, 0.25) is 0 Å². The fraction of sp³-hybridized carbons (Fsp3) is 0.650. The van der Waals surface area contributed by atoms with Crippen LogP contribution in [0.1, 0.15) is 44.7 Å². The van der Waals surface area contributed by atoms with Crippen LogP contribution in [0.5, 0.6) is 5.75 Å². The van der Waals surface area contributed by atoms with Crippen LogP contribution in [0.25, 0.3) is 0 Å². The van der Waals surface area contributed by atoms with E-state index in [4.69, 9.17) is 4.74 Å². The van der Waals surface area contributed by atoms with Crippen molar-refractivity contribution in [2.24, 2.45) is 10.4 Å². The van der Waals surface area contributed by atoms with Gasteiger partial charge in [0.15, 0.2) is 5.96 Å². The normalized spacial score (nSPS) is 12.7. The summed E-state index contributed by atoms with van der Waals surface area (Å²) in [6.07, 6.45) is 2.84. The van der Waals surface area contributed by atoms with Gasteiger partial charge in [-0.25, -0.2) is 8.42 Å². The molecule has 2 N–H and O–H groups in total. The molecular formula is C20H35N3O3S. The molecule has 0 bridgehead atoms. The third-order valence-electron chi connectivity index (χ3n) is 4.24. The Morgan fingerprint density at radius 2 is 1.96 bits per heavy atom. The molecule has 0 radical (unpaired) electrons. The van der Waals surface area contributed by atoms with Crippen molar-refractivity contribution in [3.8, 4) is 5.75 Å². The zero-order valence-electron chi connectivity index (χ0n) is 17.6. The average molecular weight is 398 g/mol. The van der Waals surface area contributed by atoms with Crippen molar-refractivity contribution >= 4 is 15.8 Å². The molecule has 0 aromatic heterocycles. The van der Waals surface area contributed by atoms with Crippen molar-refractivity contribution in [3.63, 3.8) is 0 Å². The summed E-state index contributed by atoms with van der Waals surface area (Å²) in [5, 5.41) is 6.60. The molecule has 0 aliphatic carbocycles. The second-order valence-corrected chi connectivity index (χ2v) is 10.0. The third kappa shape index (κ3) is 9.65. The Hall–Kier alpha value is -1.76. The van der Waals surface area contributed by atoms with E-state index in [1.54, 1.807) is 7.05 Å². The summed E-state index contributed by atoms with van der Waals surface area (Å²) in [6.45, 7) is 10.2. The molecule has 1 aromatic rings. The second kappa shape index (κ2) is 10.5. The van der Waals surface area contributed by atoms with Gasteiger partial charge in [-0.3, -0.25) is 4.99 Å². The number of guanidine groups is 1. The Balaban J connectivity index is 2.62. The van der Waals surface area contributed by atoms with Crippen molar-refractivity contribution in [1.82, 2.24) is 10.6 Å². The van der Waals surface area contributed by atoms with E-state index in [0.717, 1.165) is 17.7 Å². The summed E-state index contributed by atoms with van der Waals surface area (Å²) in [7, 11) is -1.23. The van der Waals surface area contributed by atoms with E-state index in [1.807, 2.05) is 0 Å². The summed E-state index contributed by atoms with van der Waals surface area (Å²) >= 11 is 0. The van der Waals surface area contributed by atoms with E-state index in [9.17, 15) is 8.42 Å². The molecule has 0 unspecified atom stereocenters. The van der Waals surface area contributed by atoms with Crippen molar-refractivity contribution in [2.75, 3.05) is 32.2 Å². The predicted molar refractivity (Wildman–Crippen MR) is 113 cm³/mol. The molecule has 27 heavy (non-hydrogen) atoms. The van der Waals surface area contributed by atoms with Gasteiger partial charge < -0.3 is 15.4 Å². The predicted octanol–water partition coefficient (Wildman–Crippen LogP) is 2.91. The minimum Gasteiger partial charge on any atom is -0.493 e. The van der Waals surface area contributed by atoms with Gasteiger partial charge in [-0.1, -0.05) is 32.9 Å². The number of aryl methyl sites for hydroxylation is 1. The molecule has 154 valence electrons. The summed E-state index contributed by atoms with van der Waals surface area (Å²) in [6, 6.07) is 6.19. The van der Waals surface area contributed by atoms with E-state index in [1.165, 1.54) is 11.8 Å². The number of sulfone groups is 1. The minimum absolute atomic E-state index is 0.153. The molecule has 0 fully saturated rings. The number of nitrogens with zero attached hydrogens (tertiary/aromatic N) is 1.